The lowest BCUT2D eigenvalue weighted by Gasteiger charge is -2.21. The van der Waals surface area contributed by atoms with Crippen LogP contribution < -0.4 is 21.7 Å². The fourth-order valence-corrected chi connectivity index (χ4v) is 3.71. The minimum atomic E-state index is -0.751. The van der Waals surface area contributed by atoms with E-state index in [1.54, 1.807) is 24.3 Å². The van der Waals surface area contributed by atoms with Crippen molar-refractivity contribution in [2.45, 2.75) is 44.8 Å². The standard InChI is InChI=1S/C21H25Cl2N5O2/c1-12-14(5-7-19(24)27-12)11-26-20(29)18(28-21(30)17-3-2-8-25-17)10-13-4-6-15(22)16(23)9-13/h4-7,9,17-18,25H,2-3,8,10-11H2,1H3,(H2,24,27)(H,26,29)(H,28,30)/t17-,18-/m1/s1. The number of pyridine rings is 1. The van der Waals surface area contributed by atoms with E-state index in [1.807, 2.05) is 13.0 Å². The van der Waals surface area contributed by atoms with E-state index in [4.69, 9.17) is 28.9 Å². The SMILES string of the molecule is Cc1nc(N)ccc1CNC(=O)[C@@H](Cc1ccc(Cl)c(Cl)c1)NC(=O)[C@H]1CCCN1. The number of nitrogens with one attached hydrogen (secondary N) is 3. The van der Waals surface area contributed by atoms with Crippen molar-refractivity contribution in [1.82, 2.24) is 20.9 Å². The number of hydrogen-bond acceptors (Lipinski definition) is 5. The van der Waals surface area contributed by atoms with E-state index < -0.39 is 6.04 Å². The Kier molecular flexibility index (Phi) is 7.53. The molecule has 1 saturated heterocycles. The summed E-state index contributed by atoms with van der Waals surface area (Å²) in [7, 11) is 0. The number of benzene rings is 1. The van der Waals surface area contributed by atoms with Gasteiger partial charge in [0.15, 0.2) is 0 Å². The van der Waals surface area contributed by atoms with Crippen LogP contribution in [0.4, 0.5) is 5.82 Å². The van der Waals surface area contributed by atoms with Gasteiger partial charge in [0, 0.05) is 18.7 Å². The van der Waals surface area contributed by atoms with Crippen LogP contribution in [0, 0.1) is 6.92 Å². The van der Waals surface area contributed by atoms with E-state index in [-0.39, 0.29) is 24.4 Å². The number of nitrogen functional groups attached to an aromatic ring is 1. The van der Waals surface area contributed by atoms with Crippen molar-refractivity contribution in [1.29, 1.82) is 0 Å². The highest BCUT2D eigenvalue weighted by atomic mass is 35.5. The molecule has 0 spiro atoms. The first kappa shape index (κ1) is 22.3. The fraction of sp³-hybridized carbons (Fsp3) is 0.381. The third-order valence-electron chi connectivity index (χ3n) is 5.10. The highest BCUT2D eigenvalue weighted by Crippen LogP contribution is 2.23. The summed E-state index contributed by atoms with van der Waals surface area (Å²) in [4.78, 5) is 29.8. The van der Waals surface area contributed by atoms with Crippen LogP contribution in [-0.2, 0) is 22.6 Å². The molecule has 1 aromatic heterocycles. The highest BCUT2D eigenvalue weighted by Gasteiger charge is 2.27. The smallest absolute Gasteiger partial charge is 0.243 e. The zero-order valence-electron chi connectivity index (χ0n) is 16.7. The van der Waals surface area contributed by atoms with Crippen molar-refractivity contribution in [3.05, 3.63) is 57.2 Å². The Bertz CT molecular complexity index is 932. The van der Waals surface area contributed by atoms with Crippen molar-refractivity contribution < 1.29 is 9.59 Å². The average molecular weight is 450 g/mol. The number of anilines is 1. The zero-order chi connectivity index (χ0) is 21.7. The number of rotatable bonds is 7. The van der Waals surface area contributed by atoms with Crippen LogP contribution in [0.3, 0.4) is 0 Å². The molecule has 1 aromatic carbocycles. The normalized spacial score (nSPS) is 16.8. The van der Waals surface area contributed by atoms with E-state index in [0.717, 1.165) is 36.2 Å². The molecular weight excluding hydrogens is 425 g/mol. The minimum Gasteiger partial charge on any atom is -0.384 e. The highest BCUT2D eigenvalue weighted by molar-refractivity contribution is 6.42. The zero-order valence-corrected chi connectivity index (χ0v) is 18.2. The van der Waals surface area contributed by atoms with Gasteiger partial charge in [-0.3, -0.25) is 9.59 Å². The second-order valence-electron chi connectivity index (χ2n) is 7.36. The maximum Gasteiger partial charge on any atom is 0.243 e. The van der Waals surface area contributed by atoms with Crippen molar-refractivity contribution in [3.63, 3.8) is 0 Å². The molecule has 2 amide bonds. The molecule has 1 aliphatic heterocycles. The first-order chi connectivity index (χ1) is 14.3. The summed E-state index contributed by atoms with van der Waals surface area (Å²) in [5, 5.41) is 9.75. The molecule has 2 aromatic rings. The van der Waals surface area contributed by atoms with E-state index >= 15 is 0 Å². The molecule has 30 heavy (non-hydrogen) atoms. The van der Waals surface area contributed by atoms with Gasteiger partial charge in [0.2, 0.25) is 11.8 Å². The average Bonchev–Trinajstić information content (AvgIpc) is 3.24. The number of amides is 2. The number of nitrogens with zero attached hydrogens (tertiary/aromatic N) is 1. The molecule has 0 unspecified atom stereocenters. The predicted octanol–water partition coefficient (Wildman–Crippen LogP) is 2.37. The van der Waals surface area contributed by atoms with E-state index in [9.17, 15) is 9.59 Å². The quantitative estimate of drug-likeness (QED) is 0.518. The summed E-state index contributed by atoms with van der Waals surface area (Å²) in [6.45, 7) is 2.91. The third kappa shape index (κ3) is 5.84. The second kappa shape index (κ2) is 10.1. The summed E-state index contributed by atoms with van der Waals surface area (Å²) >= 11 is 12.1. The van der Waals surface area contributed by atoms with Crippen LogP contribution in [0.1, 0.15) is 29.7 Å². The summed E-state index contributed by atoms with van der Waals surface area (Å²) in [5.74, 6) is -0.0434. The molecule has 2 atom stereocenters. The van der Waals surface area contributed by atoms with Crippen LogP contribution in [-0.4, -0.2) is 35.4 Å². The second-order valence-corrected chi connectivity index (χ2v) is 8.18. The van der Waals surface area contributed by atoms with Crippen LogP contribution in [0.5, 0.6) is 0 Å². The lowest BCUT2D eigenvalue weighted by atomic mass is 10.0. The molecule has 0 radical (unpaired) electrons. The lowest BCUT2D eigenvalue weighted by Crippen LogP contribution is -2.52. The summed E-state index contributed by atoms with van der Waals surface area (Å²) in [6.07, 6.45) is 1.98. The van der Waals surface area contributed by atoms with Gasteiger partial charge in [-0.05, 0) is 55.6 Å². The topological polar surface area (TPSA) is 109 Å². The van der Waals surface area contributed by atoms with Gasteiger partial charge < -0.3 is 21.7 Å². The molecule has 0 aliphatic carbocycles. The van der Waals surface area contributed by atoms with Gasteiger partial charge in [-0.25, -0.2) is 4.98 Å². The Hall–Kier alpha value is -2.35. The molecule has 0 bridgehead atoms. The first-order valence-corrected chi connectivity index (χ1v) is 10.6. The summed E-state index contributed by atoms with van der Waals surface area (Å²) < 4.78 is 0. The van der Waals surface area contributed by atoms with Crippen LogP contribution >= 0.6 is 23.2 Å². The number of carbonyl (C=O) groups excluding carboxylic acids is 2. The molecule has 9 heteroatoms. The van der Waals surface area contributed by atoms with E-state index in [1.165, 1.54) is 0 Å². The van der Waals surface area contributed by atoms with Crippen molar-refractivity contribution in [3.8, 4) is 0 Å². The fourth-order valence-electron chi connectivity index (χ4n) is 3.39. The number of halogens is 2. The van der Waals surface area contributed by atoms with E-state index in [2.05, 4.69) is 20.9 Å². The van der Waals surface area contributed by atoms with E-state index in [0.29, 0.717) is 22.3 Å². The molecule has 7 nitrogen and oxygen atoms in total. The third-order valence-corrected chi connectivity index (χ3v) is 5.84. The Balaban J connectivity index is 1.71. The maximum absolute atomic E-state index is 13.0. The number of aromatic nitrogens is 1. The Morgan fingerprint density at radius 1 is 1.27 bits per heavy atom. The minimum absolute atomic E-state index is 0.182. The predicted molar refractivity (Wildman–Crippen MR) is 118 cm³/mol. The van der Waals surface area contributed by atoms with Gasteiger partial charge in [0.1, 0.15) is 11.9 Å². The molecular formula is C21H25Cl2N5O2. The maximum atomic E-state index is 13.0. The molecule has 1 fully saturated rings. The number of nitrogens with two attached hydrogens (primary N) is 1. The van der Waals surface area contributed by atoms with Crippen LogP contribution in [0.15, 0.2) is 30.3 Å². The molecule has 1 aliphatic rings. The largest absolute Gasteiger partial charge is 0.384 e. The number of hydrogen-bond donors (Lipinski definition) is 4. The number of carbonyl (C=O) groups is 2. The van der Waals surface area contributed by atoms with Gasteiger partial charge >= 0.3 is 0 Å². The molecule has 0 saturated carbocycles. The van der Waals surface area contributed by atoms with Crippen molar-refractivity contribution >= 4 is 40.8 Å². The van der Waals surface area contributed by atoms with Crippen LogP contribution in [0.25, 0.3) is 0 Å². The molecule has 5 N–H and O–H groups in total. The Morgan fingerprint density at radius 2 is 2.07 bits per heavy atom. The Labute approximate surface area is 185 Å². The first-order valence-electron chi connectivity index (χ1n) is 9.81. The Morgan fingerprint density at radius 3 is 2.73 bits per heavy atom. The molecule has 160 valence electrons. The lowest BCUT2D eigenvalue weighted by molar-refractivity contribution is -0.129. The van der Waals surface area contributed by atoms with Crippen LogP contribution in [0.2, 0.25) is 10.0 Å². The molecule has 2 heterocycles. The number of aryl methyl sites for hydroxylation is 1. The van der Waals surface area contributed by atoms with Gasteiger partial charge in [-0.2, -0.15) is 0 Å². The monoisotopic (exact) mass is 449 g/mol. The van der Waals surface area contributed by atoms with Gasteiger partial charge in [0.25, 0.3) is 0 Å². The van der Waals surface area contributed by atoms with Gasteiger partial charge in [-0.15, -0.1) is 0 Å². The van der Waals surface area contributed by atoms with Gasteiger partial charge in [-0.1, -0.05) is 35.3 Å². The summed E-state index contributed by atoms with van der Waals surface area (Å²) in [5.41, 5.74) is 8.09. The van der Waals surface area contributed by atoms with Gasteiger partial charge in [0.05, 0.1) is 16.1 Å². The molecule has 3 rings (SSSR count). The van der Waals surface area contributed by atoms with Crippen molar-refractivity contribution in [2.24, 2.45) is 0 Å². The van der Waals surface area contributed by atoms with Crippen molar-refractivity contribution in [2.75, 3.05) is 12.3 Å². The summed E-state index contributed by atoms with van der Waals surface area (Å²) in [6, 6.07) is 7.66.